The average molecular weight is 206 g/mol. The van der Waals surface area contributed by atoms with Crippen molar-refractivity contribution < 1.29 is 9.90 Å². The molecule has 0 unspecified atom stereocenters. The van der Waals surface area contributed by atoms with E-state index in [4.69, 9.17) is 0 Å². The Morgan fingerprint density at radius 1 is 1.50 bits per heavy atom. The Morgan fingerprint density at radius 2 is 2.29 bits per heavy atom. The van der Waals surface area contributed by atoms with Crippen LogP contribution in [0.3, 0.4) is 0 Å². The minimum absolute atomic E-state index is 0.319. The number of rotatable bonds is 2. The molecule has 72 valence electrons. The van der Waals surface area contributed by atoms with Crippen molar-refractivity contribution in [3.05, 3.63) is 28.6 Å². The van der Waals surface area contributed by atoms with Crippen LogP contribution in [0, 0.1) is 0 Å². The summed E-state index contributed by atoms with van der Waals surface area (Å²) in [6.45, 7) is 1.98. The largest absolute Gasteiger partial charge is 0.508 e. The number of phenols is 1. The molecule has 0 bridgehead atoms. The van der Waals surface area contributed by atoms with Gasteiger partial charge in [0, 0.05) is 21.0 Å². The van der Waals surface area contributed by atoms with E-state index >= 15 is 0 Å². The van der Waals surface area contributed by atoms with Crippen molar-refractivity contribution in [1.82, 2.24) is 0 Å². The molecule has 0 aliphatic heterocycles. The summed E-state index contributed by atoms with van der Waals surface area (Å²) in [5.41, 5.74) is 1.60. The van der Waals surface area contributed by atoms with Crippen LogP contribution in [0.5, 0.6) is 5.75 Å². The highest BCUT2D eigenvalue weighted by Crippen LogP contribution is 2.31. The first-order valence-electron chi connectivity index (χ1n) is 4.44. The lowest BCUT2D eigenvalue weighted by atomic mass is 10.1. The minimum Gasteiger partial charge on any atom is -0.508 e. The van der Waals surface area contributed by atoms with Crippen molar-refractivity contribution in [2.75, 3.05) is 0 Å². The van der Waals surface area contributed by atoms with E-state index in [9.17, 15) is 9.90 Å². The molecule has 3 heteroatoms. The number of fused-ring (bicyclic) bond motifs is 1. The van der Waals surface area contributed by atoms with Gasteiger partial charge in [0.1, 0.15) is 5.75 Å². The van der Waals surface area contributed by atoms with Crippen molar-refractivity contribution in [3.8, 4) is 5.75 Å². The molecule has 1 N–H and O–H groups in total. The van der Waals surface area contributed by atoms with E-state index in [1.807, 2.05) is 18.4 Å². The number of carbonyl (C=O) groups is 1. The number of hydrogen-bond donors (Lipinski definition) is 1. The highest BCUT2D eigenvalue weighted by atomic mass is 32.1. The number of phenolic OH excluding ortho intramolecular Hbond substituents is 1. The predicted octanol–water partition coefficient (Wildman–Crippen LogP) is 2.98. The van der Waals surface area contributed by atoms with E-state index in [0.29, 0.717) is 11.3 Å². The summed E-state index contributed by atoms with van der Waals surface area (Å²) >= 11 is 1.48. The third-order valence-electron chi connectivity index (χ3n) is 2.31. The monoisotopic (exact) mass is 206 g/mol. The van der Waals surface area contributed by atoms with E-state index in [2.05, 4.69) is 0 Å². The highest BCUT2D eigenvalue weighted by Gasteiger charge is 2.07. The first-order valence-corrected chi connectivity index (χ1v) is 5.32. The van der Waals surface area contributed by atoms with Crippen molar-refractivity contribution in [1.29, 1.82) is 0 Å². The fourth-order valence-corrected chi connectivity index (χ4v) is 2.42. The Balaban J connectivity index is 2.76. The zero-order valence-corrected chi connectivity index (χ0v) is 8.60. The molecule has 0 fully saturated rings. The smallest absolute Gasteiger partial charge is 0.151 e. The maximum absolute atomic E-state index is 10.7. The molecule has 0 spiro atoms. The van der Waals surface area contributed by atoms with Gasteiger partial charge in [0.25, 0.3) is 0 Å². The molecule has 1 heterocycles. The molecule has 0 atom stereocenters. The summed E-state index contributed by atoms with van der Waals surface area (Å²) in [5.74, 6) is 0.319. The molecular formula is C11H10O2S. The third kappa shape index (κ3) is 1.30. The topological polar surface area (TPSA) is 37.3 Å². The van der Waals surface area contributed by atoms with E-state index in [-0.39, 0.29) is 0 Å². The second kappa shape index (κ2) is 3.42. The lowest BCUT2D eigenvalue weighted by Crippen LogP contribution is -1.82. The van der Waals surface area contributed by atoms with Crippen LogP contribution in [0.15, 0.2) is 17.5 Å². The summed E-state index contributed by atoms with van der Waals surface area (Å²) in [6, 6.07) is 3.62. The molecule has 1 aromatic carbocycles. The molecule has 2 aromatic rings. The molecule has 1 aromatic heterocycles. The van der Waals surface area contributed by atoms with Crippen LogP contribution >= 0.6 is 11.3 Å². The number of aromatic hydroxyl groups is 1. The first-order chi connectivity index (χ1) is 6.76. The van der Waals surface area contributed by atoms with Gasteiger partial charge in [-0.25, -0.2) is 0 Å². The van der Waals surface area contributed by atoms with Gasteiger partial charge >= 0.3 is 0 Å². The van der Waals surface area contributed by atoms with E-state index in [1.54, 1.807) is 6.07 Å². The van der Waals surface area contributed by atoms with Crippen LogP contribution in [-0.2, 0) is 6.42 Å². The van der Waals surface area contributed by atoms with Crippen LogP contribution in [0.25, 0.3) is 10.1 Å². The third-order valence-corrected chi connectivity index (χ3v) is 3.28. The maximum atomic E-state index is 10.7. The maximum Gasteiger partial charge on any atom is 0.151 e. The van der Waals surface area contributed by atoms with Gasteiger partial charge in [-0.05, 0) is 24.1 Å². The van der Waals surface area contributed by atoms with Gasteiger partial charge in [0.15, 0.2) is 6.29 Å². The Kier molecular flexibility index (Phi) is 2.25. The lowest BCUT2D eigenvalue weighted by Gasteiger charge is -2.01. The number of hydrogen-bond acceptors (Lipinski definition) is 3. The van der Waals surface area contributed by atoms with Crippen LogP contribution < -0.4 is 0 Å². The van der Waals surface area contributed by atoms with E-state index in [0.717, 1.165) is 28.4 Å². The molecule has 0 radical (unpaired) electrons. The number of aryl methyl sites for hydroxylation is 1. The SMILES string of the molecule is CCc1cc2c(C=O)csc2cc1O. The average Bonchev–Trinajstić information content (AvgIpc) is 2.58. The van der Waals surface area contributed by atoms with Gasteiger partial charge < -0.3 is 5.11 Å². The highest BCUT2D eigenvalue weighted by molar-refractivity contribution is 7.17. The Morgan fingerprint density at radius 3 is 2.93 bits per heavy atom. The van der Waals surface area contributed by atoms with Gasteiger partial charge in [0.2, 0.25) is 0 Å². The van der Waals surface area contributed by atoms with Gasteiger partial charge in [-0.2, -0.15) is 0 Å². The minimum atomic E-state index is 0.319. The quantitative estimate of drug-likeness (QED) is 0.767. The van der Waals surface area contributed by atoms with Gasteiger partial charge in [-0.3, -0.25) is 4.79 Å². The van der Waals surface area contributed by atoms with Crippen LogP contribution in [-0.4, -0.2) is 11.4 Å². The number of carbonyl (C=O) groups excluding carboxylic acids is 1. The normalized spacial score (nSPS) is 10.6. The van der Waals surface area contributed by atoms with Gasteiger partial charge in [0.05, 0.1) is 0 Å². The van der Waals surface area contributed by atoms with Crippen molar-refractivity contribution in [2.24, 2.45) is 0 Å². The number of thiophene rings is 1. The Labute approximate surface area is 85.8 Å². The zero-order valence-electron chi connectivity index (χ0n) is 7.78. The molecule has 14 heavy (non-hydrogen) atoms. The molecular weight excluding hydrogens is 196 g/mol. The zero-order chi connectivity index (χ0) is 10.1. The fourth-order valence-electron chi connectivity index (χ4n) is 1.50. The summed E-state index contributed by atoms with van der Waals surface area (Å²) in [6.07, 6.45) is 1.63. The predicted molar refractivity (Wildman–Crippen MR) is 58.3 cm³/mol. The Hall–Kier alpha value is -1.35. The van der Waals surface area contributed by atoms with E-state index < -0.39 is 0 Å². The molecule has 0 saturated carbocycles. The second-order valence-electron chi connectivity index (χ2n) is 3.14. The molecule has 0 aliphatic rings. The summed E-state index contributed by atoms with van der Waals surface area (Å²) in [7, 11) is 0. The number of benzene rings is 1. The van der Waals surface area contributed by atoms with Crippen LogP contribution in [0.4, 0.5) is 0 Å². The summed E-state index contributed by atoms with van der Waals surface area (Å²) in [5, 5.41) is 12.4. The van der Waals surface area contributed by atoms with Gasteiger partial charge in [-0.1, -0.05) is 6.92 Å². The van der Waals surface area contributed by atoms with Crippen LogP contribution in [0.1, 0.15) is 22.8 Å². The lowest BCUT2D eigenvalue weighted by molar-refractivity contribution is 0.112. The molecule has 0 aliphatic carbocycles. The molecule has 0 amide bonds. The van der Waals surface area contributed by atoms with E-state index in [1.165, 1.54) is 11.3 Å². The second-order valence-corrected chi connectivity index (χ2v) is 4.05. The molecule has 0 saturated heterocycles. The molecule has 2 nitrogen and oxygen atoms in total. The summed E-state index contributed by atoms with van der Waals surface area (Å²) < 4.78 is 0.960. The summed E-state index contributed by atoms with van der Waals surface area (Å²) in [4.78, 5) is 10.7. The van der Waals surface area contributed by atoms with Crippen molar-refractivity contribution in [2.45, 2.75) is 13.3 Å². The number of aldehydes is 1. The Bertz CT molecular complexity index is 485. The van der Waals surface area contributed by atoms with Crippen molar-refractivity contribution in [3.63, 3.8) is 0 Å². The standard InChI is InChI=1S/C11H10O2S/c1-2-7-3-9-8(5-12)6-14-11(9)4-10(7)13/h3-6,13H,2H2,1H3. The first kappa shape index (κ1) is 9.21. The van der Waals surface area contributed by atoms with Crippen molar-refractivity contribution >= 4 is 27.7 Å². The molecule has 2 rings (SSSR count). The fraction of sp³-hybridized carbons (Fsp3) is 0.182. The van der Waals surface area contributed by atoms with Crippen LogP contribution in [0.2, 0.25) is 0 Å². The van der Waals surface area contributed by atoms with Gasteiger partial charge in [-0.15, -0.1) is 11.3 Å².